The summed E-state index contributed by atoms with van der Waals surface area (Å²) >= 11 is 0. The molecule has 0 fully saturated rings. The third-order valence-electron chi connectivity index (χ3n) is 2.41. The third kappa shape index (κ3) is 4.33. The molecule has 0 bridgehead atoms. The van der Waals surface area contributed by atoms with Crippen LogP contribution in [-0.4, -0.2) is 27.0 Å². The Kier molecular flexibility index (Phi) is 4.50. The predicted molar refractivity (Wildman–Crippen MR) is 65.1 cm³/mol. The van der Waals surface area contributed by atoms with Crippen molar-refractivity contribution in [3.8, 4) is 0 Å². The van der Waals surface area contributed by atoms with Crippen molar-refractivity contribution >= 4 is 0 Å². The number of aliphatic hydroxyl groups is 1. The van der Waals surface area contributed by atoms with E-state index in [0.717, 1.165) is 18.7 Å². The highest BCUT2D eigenvalue weighted by molar-refractivity contribution is 5.04. The molecular formula is C12H23N3O. The van der Waals surface area contributed by atoms with Gasteiger partial charge in [0.25, 0.3) is 0 Å². The molecule has 0 atom stereocenters. The van der Waals surface area contributed by atoms with Crippen LogP contribution in [0.4, 0.5) is 0 Å². The number of nitrogens with zero attached hydrogens (tertiary/aromatic N) is 2. The molecule has 0 spiro atoms. The first kappa shape index (κ1) is 13.2. The van der Waals surface area contributed by atoms with Gasteiger partial charge >= 0.3 is 0 Å². The Hall–Kier alpha value is -0.870. The summed E-state index contributed by atoms with van der Waals surface area (Å²) in [6.07, 6.45) is 3.93. The van der Waals surface area contributed by atoms with Crippen molar-refractivity contribution in [2.75, 3.05) is 6.61 Å². The molecule has 4 nitrogen and oxygen atoms in total. The molecule has 0 aliphatic heterocycles. The molecule has 0 aromatic carbocycles. The SMILES string of the molecule is CC(C)Cn1cc(CNC(C)(C)CO)cn1. The molecule has 0 amide bonds. The molecular weight excluding hydrogens is 202 g/mol. The van der Waals surface area contributed by atoms with Gasteiger partial charge in [-0.3, -0.25) is 4.68 Å². The summed E-state index contributed by atoms with van der Waals surface area (Å²) in [5.41, 5.74) is 0.919. The normalized spacial score (nSPS) is 12.4. The van der Waals surface area contributed by atoms with E-state index in [1.165, 1.54) is 0 Å². The van der Waals surface area contributed by atoms with Crippen molar-refractivity contribution in [3.05, 3.63) is 18.0 Å². The van der Waals surface area contributed by atoms with Gasteiger partial charge in [-0.15, -0.1) is 0 Å². The van der Waals surface area contributed by atoms with Gasteiger partial charge in [-0.2, -0.15) is 5.10 Å². The fourth-order valence-electron chi connectivity index (χ4n) is 1.37. The number of hydrogen-bond donors (Lipinski definition) is 2. The second-order valence-electron chi connectivity index (χ2n) is 5.36. The van der Waals surface area contributed by atoms with Gasteiger partial charge < -0.3 is 10.4 Å². The van der Waals surface area contributed by atoms with Crippen LogP contribution in [0.3, 0.4) is 0 Å². The van der Waals surface area contributed by atoms with Crippen molar-refractivity contribution in [2.45, 2.75) is 46.3 Å². The molecule has 2 N–H and O–H groups in total. The van der Waals surface area contributed by atoms with Gasteiger partial charge in [-0.25, -0.2) is 0 Å². The number of nitrogens with one attached hydrogen (secondary N) is 1. The maximum absolute atomic E-state index is 9.11. The van der Waals surface area contributed by atoms with Gasteiger partial charge in [0.2, 0.25) is 0 Å². The molecule has 0 aliphatic rings. The van der Waals surface area contributed by atoms with Crippen LogP contribution in [-0.2, 0) is 13.1 Å². The number of aromatic nitrogens is 2. The summed E-state index contributed by atoms with van der Waals surface area (Å²) < 4.78 is 1.97. The molecule has 16 heavy (non-hydrogen) atoms. The lowest BCUT2D eigenvalue weighted by Gasteiger charge is -2.22. The highest BCUT2D eigenvalue weighted by Crippen LogP contribution is 2.05. The van der Waals surface area contributed by atoms with E-state index in [0.29, 0.717) is 5.92 Å². The van der Waals surface area contributed by atoms with E-state index in [4.69, 9.17) is 5.11 Å². The van der Waals surface area contributed by atoms with Crippen molar-refractivity contribution in [1.82, 2.24) is 15.1 Å². The Balaban J connectivity index is 2.46. The lowest BCUT2D eigenvalue weighted by Crippen LogP contribution is -2.41. The highest BCUT2D eigenvalue weighted by Gasteiger charge is 2.15. The number of hydrogen-bond acceptors (Lipinski definition) is 3. The summed E-state index contributed by atoms with van der Waals surface area (Å²) in [6, 6.07) is 0. The molecule has 0 unspecified atom stereocenters. The Bertz CT molecular complexity index is 318. The summed E-state index contributed by atoms with van der Waals surface area (Å²) in [5.74, 6) is 0.606. The van der Waals surface area contributed by atoms with Gasteiger partial charge in [0.15, 0.2) is 0 Å². The smallest absolute Gasteiger partial charge is 0.0607 e. The Morgan fingerprint density at radius 3 is 2.75 bits per heavy atom. The Morgan fingerprint density at radius 1 is 1.50 bits per heavy atom. The summed E-state index contributed by atoms with van der Waals surface area (Å²) in [4.78, 5) is 0. The van der Waals surface area contributed by atoms with E-state index in [9.17, 15) is 0 Å². The van der Waals surface area contributed by atoms with Crippen molar-refractivity contribution in [2.24, 2.45) is 5.92 Å². The minimum atomic E-state index is -0.236. The zero-order chi connectivity index (χ0) is 12.2. The largest absolute Gasteiger partial charge is 0.394 e. The number of rotatable bonds is 6. The minimum Gasteiger partial charge on any atom is -0.394 e. The lowest BCUT2D eigenvalue weighted by atomic mass is 10.1. The van der Waals surface area contributed by atoms with Crippen LogP contribution in [0, 0.1) is 5.92 Å². The topological polar surface area (TPSA) is 50.1 Å². The second kappa shape index (κ2) is 5.46. The first-order valence-electron chi connectivity index (χ1n) is 5.80. The third-order valence-corrected chi connectivity index (χ3v) is 2.41. The fourth-order valence-corrected chi connectivity index (χ4v) is 1.37. The molecule has 0 radical (unpaired) electrons. The average Bonchev–Trinajstić information content (AvgIpc) is 2.62. The van der Waals surface area contributed by atoms with Gasteiger partial charge in [0, 0.05) is 30.4 Å². The van der Waals surface area contributed by atoms with E-state index in [1.54, 1.807) is 0 Å². The standard InChI is InChI=1S/C12H23N3O/c1-10(2)7-15-8-11(6-14-15)5-13-12(3,4)9-16/h6,8,10,13,16H,5,7,9H2,1-4H3. The molecule has 1 aromatic heterocycles. The van der Waals surface area contributed by atoms with E-state index in [-0.39, 0.29) is 12.1 Å². The van der Waals surface area contributed by atoms with Gasteiger partial charge in [0.05, 0.1) is 12.8 Å². The summed E-state index contributed by atoms with van der Waals surface area (Å²) in [7, 11) is 0. The molecule has 92 valence electrons. The van der Waals surface area contributed by atoms with E-state index in [1.807, 2.05) is 24.7 Å². The molecule has 4 heteroatoms. The zero-order valence-electron chi connectivity index (χ0n) is 10.7. The van der Waals surface area contributed by atoms with Gasteiger partial charge in [-0.1, -0.05) is 13.8 Å². The second-order valence-corrected chi connectivity index (χ2v) is 5.36. The minimum absolute atomic E-state index is 0.132. The van der Waals surface area contributed by atoms with Crippen LogP contribution in [0.5, 0.6) is 0 Å². The molecule has 0 aliphatic carbocycles. The first-order valence-corrected chi connectivity index (χ1v) is 5.80. The van der Waals surface area contributed by atoms with Crippen molar-refractivity contribution in [1.29, 1.82) is 0 Å². The van der Waals surface area contributed by atoms with Crippen LogP contribution >= 0.6 is 0 Å². The van der Waals surface area contributed by atoms with Crippen LogP contribution in [0.1, 0.15) is 33.3 Å². The molecule has 1 aromatic rings. The van der Waals surface area contributed by atoms with E-state index in [2.05, 4.69) is 30.5 Å². The average molecular weight is 225 g/mol. The quantitative estimate of drug-likeness (QED) is 0.769. The van der Waals surface area contributed by atoms with E-state index >= 15 is 0 Å². The fraction of sp³-hybridized carbons (Fsp3) is 0.750. The molecule has 1 rings (SSSR count). The van der Waals surface area contributed by atoms with Gasteiger partial charge in [-0.05, 0) is 19.8 Å². The van der Waals surface area contributed by atoms with Crippen LogP contribution in [0.2, 0.25) is 0 Å². The van der Waals surface area contributed by atoms with Crippen molar-refractivity contribution in [3.63, 3.8) is 0 Å². The maximum atomic E-state index is 9.11. The monoisotopic (exact) mass is 225 g/mol. The highest BCUT2D eigenvalue weighted by atomic mass is 16.3. The van der Waals surface area contributed by atoms with Crippen LogP contribution in [0.25, 0.3) is 0 Å². The van der Waals surface area contributed by atoms with Crippen LogP contribution in [0.15, 0.2) is 12.4 Å². The predicted octanol–water partition coefficient (Wildman–Crippen LogP) is 1.40. The number of aliphatic hydroxyl groups excluding tert-OH is 1. The van der Waals surface area contributed by atoms with E-state index < -0.39 is 0 Å². The van der Waals surface area contributed by atoms with Gasteiger partial charge in [0.1, 0.15) is 0 Å². The zero-order valence-corrected chi connectivity index (χ0v) is 10.7. The Labute approximate surface area is 97.7 Å². The molecule has 0 saturated heterocycles. The summed E-state index contributed by atoms with van der Waals surface area (Å²) in [5, 5.41) is 16.7. The lowest BCUT2D eigenvalue weighted by molar-refractivity contribution is 0.187. The first-order chi connectivity index (χ1) is 7.43. The Morgan fingerprint density at radius 2 is 2.19 bits per heavy atom. The van der Waals surface area contributed by atoms with Crippen molar-refractivity contribution < 1.29 is 5.11 Å². The molecule has 1 heterocycles. The molecule has 0 saturated carbocycles. The van der Waals surface area contributed by atoms with Crippen LogP contribution < -0.4 is 5.32 Å². The maximum Gasteiger partial charge on any atom is 0.0607 e. The summed E-state index contributed by atoms with van der Waals surface area (Å²) in [6.45, 7) is 10.1.